The van der Waals surface area contributed by atoms with Crippen LogP contribution in [0.5, 0.6) is 0 Å². The van der Waals surface area contributed by atoms with Crippen LogP contribution in [0.2, 0.25) is 0 Å². The number of nitrogens with zero attached hydrogens (tertiary/aromatic N) is 5. The highest BCUT2D eigenvalue weighted by Crippen LogP contribution is 1.92. The summed E-state index contributed by atoms with van der Waals surface area (Å²) in [7, 11) is 1.73. The third-order valence-corrected chi connectivity index (χ3v) is 1.51. The van der Waals surface area contributed by atoms with Crippen LogP contribution in [0.1, 0.15) is 10.5 Å². The largest absolute Gasteiger partial charge is 0.351 e. The van der Waals surface area contributed by atoms with E-state index in [4.69, 9.17) is 5.53 Å². The van der Waals surface area contributed by atoms with Crippen LogP contribution in [-0.2, 0) is 7.05 Å². The molecule has 0 saturated heterocycles. The van der Waals surface area contributed by atoms with Crippen molar-refractivity contribution >= 4 is 5.91 Å². The number of amides is 1. The predicted octanol–water partition coefficient (Wildman–Crippen LogP) is 0.460. The summed E-state index contributed by atoms with van der Waals surface area (Å²) in [5.74, 6) is -0.265. The first kappa shape index (κ1) is 10.1. The number of hydrogen-bond acceptors (Lipinski definition) is 3. The molecule has 0 spiro atoms. The Balaban J connectivity index is 2.39. The zero-order chi connectivity index (χ0) is 10.4. The lowest BCUT2D eigenvalue weighted by Crippen LogP contribution is -2.26. The van der Waals surface area contributed by atoms with E-state index in [-0.39, 0.29) is 12.5 Å². The van der Waals surface area contributed by atoms with Crippen molar-refractivity contribution in [2.24, 2.45) is 12.2 Å². The molecular formula is C7H10N6O. The van der Waals surface area contributed by atoms with Gasteiger partial charge in [0.05, 0.1) is 0 Å². The first-order chi connectivity index (χ1) is 6.74. The van der Waals surface area contributed by atoms with E-state index in [2.05, 4.69) is 20.4 Å². The Kier molecular flexibility index (Phi) is 3.51. The smallest absolute Gasteiger partial charge is 0.271 e. The van der Waals surface area contributed by atoms with Gasteiger partial charge in [-0.3, -0.25) is 9.48 Å². The summed E-state index contributed by atoms with van der Waals surface area (Å²) < 4.78 is 1.54. The standard InChI is InChI=1S/C7H10N6O/c1-13-5-2-6(11-13)7(14)9-3-4-10-12-8/h2,5H,3-4H2,1H3,(H,9,14). The number of hydrogen-bond donors (Lipinski definition) is 1. The Bertz CT molecular complexity index is 364. The van der Waals surface area contributed by atoms with E-state index in [0.717, 1.165) is 0 Å². The van der Waals surface area contributed by atoms with Crippen molar-refractivity contribution in [1.82, 2.24) is 15.1 Å². The second kappa shape index (κ2) is 4.88. The van der Waals surface area contributed by atoms with Crippen LogP contribution in [0, 0.1) is 0 Å². The maximum atomic E-state index is 11.3. The summed E-state index contributed by atoms with van der Waals surface area (Å²) in [6, 6.07) is 1.61. The summed E-state index contributed by atoms with van der Waals surface area (Å²) in [5.41, 5.74) is 8.34. The third-order valence-electron chi connectivity index (χ3n) is 1.51. The Morgan fingerprint density at radius 3 is 3.21 bits per heavy atom. The molecule has 0 aliphatic heterocycles. The van der Waals surface area contributed by atoms with Crippen molar-refractivity contribution < 1.29 is 4.79 Å². The van der Waals surface area contributed by atoms with E-state index in [9.17, 15) is 4.79 Å². The predicted molar refractivity (Wildman–Crippen MR) is 49.6 cm³/mol. The maximum Gasteiger partial charge on any atom is 0.271 e. The van der Waals surface area contributed by atoms with Gasteiger partial charge in [0.25, 0.3) is 5.91 Å². The van der Waals surface area contributed by atoms with Crippen LogP contribution in [0.25, 0.3) is 10.4 Å². The molecule has 1 aromatic rings. The molecule has 14 heavy (non-hydrogen) atoms. The van der Waals surface area contributed by atoms with Crippen LogP contribution in [0.15, 0.2) is 17.4 Å². The van der Waals surface area contributed by atoms with Gasteiger partial charge >= 0.3 is 0 Å². The minimum atomic E-state index is -0.265. The van der Waals surface area contributed by atoms with Gasteiger partial charge < -0.3 is 5.32 Å². The highest BCUT2D eigenvalue weighted by molar-refractivity contribution is 5.92. The van der Waals surface area contributed by atoms with Gasteiger partial charge in [-0.1, -0.05) is 5.11 Å². The van der Waals surface area contributed by atoms with E-state index >= 15 is 0 Å². The first-order valence-corrected chi connectivity index (χ1v) is 4.02. The molecule has 0 atom stereocenters. The topological polar surface area (TPSA) is 95.7 Å². The van der Waals surface area contributed by atoms with Gasteiger partial charge in [0.1, 0.15) is 5.69 Å². The van der Waals surface area contributed by atoms with E-state index in [1.54, 1.807) is 24.0 Å². The van der Waals surface area contributed by atoms with Gasteiger partial charge in [-0.2, -0.15) is 5.10 Å². The molecule has 0 saturated carbocycles. The fourth-order valence-corrected chi connectivity index (χ4v) is 0.891. The highest BCUT2D eigenvalue weighted by atomic mass is 16.1. The quantitative estimate of drug-likeness (QED) is 0.326. The SMILES string of the molecule is Cn1ccc(C(=O)NCCN=[N+]=[N-])n1. The Morgan fingerprint density at radius 1 is 1.86 bits per heavy atom. The van der Waals surface area contributed by atoms with Crippen LogP contribution >= 0.6 is 0 Å². The number of rotatable bonds is 4. The minimum absolute atomic E-state index is 0.245. The number of aryl methyl sites for hydroxylation is 1. The van der Waals surface area contributed by atoms with Crippen molar-refractivity contribution in [2.45, 2.75) is 0 Å². The highest BCUT2D eigenvalue weighted by Gasteiger charge is 2.06. The van der Waals surface area contributed by atoms with Crippen molar-refractivity contribution in [3.8, 4) is 0 Å². The van der Waals surface area contributed by atoms with Crippen LogP contribution < -0.4 is 5.32 Å². The average Bonchev–Trinajstić information content (AvgIpc) is 2.59. The lowest BCUT2D eigenvalue weighted by atomic mass is 10.4. The van der Waals surface area contributed by atoms with E-state index in [0.29, 0.717) is 12.2 Å². The van der Waals surface area contributed by atoms with Crippen molar-refractivity contribution in [3.63, 3.8) is 0 Å². The van der Waals surface area contributed by atoms with Crippen LogP contribution in [0.3, 0.4) is 0 Å². The average molecular weight is 194 g/mol. The summed E-state index contributed by atoms with van der Waals surface area (Å²) in [5, 5.41) is 9.76. The fraction of sp³-hybridized carbons (Fsp3) is 0.429. The van der Waals surface area contributed by atoms with E-state index in [1.807, 2.05) is 0 Å². The van der Waals surface area contributed by atoms with Crippen molar-refractivity contribution in [3.05, 3.63) is 28.4 Å². The molecule has 1 rings (SSSR count). The molecule has 0 bridgehead atoms. The second-order valence-corrected chi connectivity index (χ2v) is 2.59. The molecule has 0 unspecified atom stereocenters. The summed E-state index contributed by atoms with van der Waals surface area (Å²) in [6.45, 7) is 0.564. The zero-order valence-electron chi connectivity index (χ0n) is 7.71. The number of azide groups is 1. The number of carbonyl (C=O) groups is 1. The first-order valence-electron chi connectivity index (χ1n) is 4.02. The second-order valence-electron chi connectivity index (χ2n) is 2.59. The molecule has 74 valence electrons. The molecule has 7 nitrogen and oxygen atoms in total. The van der Waals surface area contributed by atoms with Gasteiger partial charge in [0.15, 0.2) is 0 Å². The molecular weight excluding hydrogens is 184 g/mol. The molecule has 1 heterocycles. The molecule has 7 heteroatoms. The van der Waals surface area contributed by atoms with Crippen molar-refractivity contribution in [1.29, 1.82) is 0 Å². The van der Waals surface area contributed by atoms with E-state index in [1.165, 1.54) is 0 Å². The Hall–Kier alpha value is -2.01. The summed E-state index contributed by atoms with van der Waals surface area (Å²) in [4.78, 5) is 13.9. The van der Waals surface area contributed by atoms with Crippen LogP contribution in [-0.4, -0.2) is 28.8 Å². The van der Waals surface area contributed by atoms with Gasteiger partial charge in [0.2, 0.25) is 0 Å². The van der Waals surface area contributed by atoms with E-state index < -0.39 is 0 Å². The summed E-state index contributed by atoms with van der Waals surface area (Å²) >= 11 is 0. The summed E-state index contributed by atoms with van der Waals surface area (Å²) in [6.07, 6.45) is 1.68. The lowest BCUT2D eigenvalue weighted by molar-refractivity contribution is 0.0949. The normalized spacial score (nSPS) is 9.21. The fourth-order valence-electron chi connectivity index (χ4n) is 0.891. The maximum absolute atomic E-state index is 11.3. The third kappa shape index (κ3) is 2.80. The molecule has 1 amide bonds. The number of carbonyl (C=O) groups excluding carboxylic acids is 1. The van der Waals surface area contributed by atoms with Gasteiger partial charge in [-0.05, 0) is 11.6 Å². The molecule has 0 aromatic carbocycles. The molecule has 0 fully saturated rings. The number of aromatic nitrogens is 2. The molecule has 1 aromatic heterocycles. The molecule has 0 aliphatic carbocycles. The van der Waals surface area contributed by atoms with Gasteiger partial charge in [-0.15, -0.1) is 0 Å². The molecule has 1 N–H and O–H groups in total. The minimum Gasteiger partial charge on any atom is -0.351 e. The Labute approximate surface area is 80.3 Å². The van der Waals surface area contributed by atoms with Crippen LogP contribution in [0.4, 0.5) is 0 Å². The van der Waals surface area contributed by atoms with Gasteiger partial charge in [0, 0.05) is 31.2 Å². The zero-order valence-corrected chi connectivity index (χ0v) is 7.71. The lowest BCUT2D eigenvalue weighted by Gasteiger charge is -1.98. The van der Waals surface area contributed by atoms with Gasteiger partial charge in [-0.25, -0.2) is 0 Å². The number of nitrogens with one attached hydrogen (secondary N) is 1. The van der Waals surface area contributed by atoms with Crippen molar-refractivity contribution in [2.75, 3.05) is 13.1 Å². The monoisotopic (exact) mass is 194 g/mol. The molecule has 0 radical (unpaired) electrons. The molecule has 0 aliphatic rings. The Morgan fingerprint density at radius 2 is 2.64 bits per heavy atom.